The summed E-state index contributed by atoms with van der Waals surface area (Å²) in [5, 5.41) is 0. The molecule has 0 spiro atoms. The Balaban J connectivity index is 1.88. The Hall–Kier alpha value is -1.36. The zero-order chi connectivity index (χ0) is 12.7. The molecule has 0 amide bonds. The van der Waals surface area contributed by atoms with Crippen LogP contribution in [-0.2, 0) is 0 Å². The second kappa shape index (κ2) is 4.39. The summed E-state index contributed by atoms with van der Waals surface area (Å²) in [5.41, 5.74) is 6.84. The molecule has 3 rings (SSSR count). The van der Waals surface area contributed by atoms with Crippen molar-refractivity contribution in [3.8, 4) is 0 Å². The van der Waals surface area contributed by atoms with Crippen LogP contribution < -0.4 is 10.6 Å². The number of fused-ring (bicyclic) bond motifs is 1. The fourth-order valence-electron chi connectivity index (χ4n) is 3.22. The molecule has 2 aliphatic rings. The Morgan fingerprint density at radius 3 is 3.06 bits per heavy atom. The fraction of sp³-hybridized carbons (Fsp3) is 0.692. The Labute approximate surface area is 108 Å². The number of hydrogen-bond donors (Lipinski definition) is 1. The van der Waals surface area contributed by atoms with E-state index in [1.807, 2.05) is 6.20 Å². The van der Waals surface area contributed by atoms with Crippen molar-refractivity contribution in [3.05, 3.63) is 11.8 Å². The first-order valence-corrected chi connectivity index (χ1v) is 6.75. The van der Waals surface area contributed by atoms with Crippen LogP contribution in [-0.4, -0.2) is 46.6 Å². The van der Waals surface area contributed by atoms with E-state index in [0.29, 0.717) is 18.0 Å². The lowest BCUT2D eigenvalue weighted by Crippen LogP contribution is -2.55. The second-order valence-electron chi connectivity index (χ2n) is 5.53. The summed E-state index contributed by atoms with van der Waals surface area (Å²) in [6.45, 7) is 7.79. The normalized spacial score (nSPS) is 28.4. The molecule has 0 aliphatic carbocycles. The molecule has 0 aromatic carbocycles. The van der Waals surface area contributed by atoms with Crippen LogP contribution in [0, 0.1) is 6.92 Å². The summed E-state index contributed by atoms with van der Waals surface area (Å²) in [4.78, 5) is 13.5. The molecule has 2 saturated heterocycles. The minimum atomic E-state index is 0.372. The van der Waals surface area contributed by atoms with Crippen molar-refractivity contribution in [2.24, 2.45) is 0 Å². The number of piperazine rings is 1. The molecule has 2 unspecified atom stereocenters. The SMILES string of the molecule is Cc1cnc(N)nc1N1CC2CCCN2CC1C. The van der Waals surface area contributed by atoms with E-state index in [9.17, 15) is 0 Å². The smallest absolute Gasteiger partial charge is 0.221 e. The fourth-order valence-corrected chi connectivity index (χ4v) is 3.22. The van der Waals surface area contributed by atoms with Gasteiger partial charge in [0.2, 0.25) is 5.95 Å². The number of hydrogen-bond acceptors (Lipinski definition) is 5. The minimum Gasteiger partial charge on any atom is -0.368 e. The molecule has 5 nitrogen and oxygen atoms in total. The van der Waals surface area contributed by atoms with E-state index in [-0.39, 0.29) is 0 Å². The Morgan fingerprint density at radius 2 is 2.22 bits per heavy atom. The summed E-state index contributed by atoms with van der Waals surface area (Å²) >= 11 is 0. The van der Waals surface area contributed by atoms with Crippen LogP contribution in [0.2, 0.25) is 0 Å². The highest BCUT2D eigenvalue weighted by Crippen LogP contribution is 2.29. The number of nitrogens with two attached hydrogens (primary N) is 1. The summed E-state index contributed by atoms with van der Waals surface area (Å²) in [6.07, 6.45) is 4.46. The average Bonchev–Trinajstić information content (AvgIpc) is 2.78. The molecule has 1 aromatic heterocycles. The van der Waals surface area contributed by atoms with E-state index in [1.165, 1.54) is 19.4 Å². The highest BCUT2D eigenvalue weighted by atomic mass is 15.3. The molecule has 2 N–H and O–H groups in total. The van der Waals surface area contributed by atoms with Crippen molar-refractivity contribution >= 4 is 11.8 Å². The summed E-state index contributed by atoms with van der Waals surface area (Å²) in [5.74, 6) is 1.39. The Morgan fingerprint density at radius 1 is 1.39 bits per heavy atom. The number of aromatic nitrogens is 2. The molecular formula is C13H21N5. The maximum atomic E-state index is 5.73. The first-order chi connectivity index (χ1) is 8.65. The highest BCUT2D eigenvalue weighted by molar-refractivity contribution is 5.49. The summed E-state index contributed by atoms with van der Waals surface area (Å²) in [7, 11) is 0. The number of rotatable bonds is 1. The zero-order valence-electron chi connectivity index (χ0n) is 11.1. The summed E-state index contributed by atoms with van der Waals surface area (Å²) < 4.78 is 0. The van der Waals surface area contributed by atoms with Crippen molar-refractivity contribution in [1.82, 2.24) is 14.9 Å². The Bertz CT molecular complexity index is 447. The number of nitrogens with zero attached hydrogens (tertiary/aromatic N) is 4. The number of anilines is 2. The van der Waals surface area contributed by atoms with E-state index in [4.69, 9.17) is 5.73 Å². The van der Waals surface area contributed by atoms with Gasteiger partial charge in [-0.1, -0.05) is 0 Å². The maximum Gasteiger partial charge on any atom is 0.221 e. The molecule has 98 valence electrons. The molecule has 5 heteroatoms. The molecule has 1 aromatic rings. The minimum absolute atomic E-state index is 0.372. The van der Waals surface area contributed by atoms with Crippen LogP contribution in [0.3, 0.4) is 0 Å². The van der Waals surface area contributed by atoms with Crippen molar-refractivity contribution in [2.75, 3.05) is 30.3 Å². The van der Waals surface area contributed by atoms with Gasteiger partial charge in [-0.25, -0.2) is 4.98 Å². The predicted molar refractivity (Wildman–Crippen MR) is 72.6 cm³/mol. The van der Waals surface area contributed by atoms with Gasteiger partial charge in [0.25, 0.3) is 0 Å². The summed E-state index contributed by atoms with van der Waals surface area (Å²) in [6, 6.07) is 1.18. The predicted octanol–water partition coefficient (Wildman–Crippen LogP) is 1.04. The highest BCUT2D eigenvalue weighted by Gasteiger charge is 2.35. The lowest BCUT2D eigenvalue weighted by atomic mass is 10.1. The molecule has 18 heavy (non-hydrogen) atoms. The third-order valence-corrected chi connectivity index (χ3v) is 4.17. The van der Waals surface area contributed by atoms with E-state index in [2.05, 4.69) is 33.6 Å². The molecule has 3 heterocycles. The standard InChI is InChI=1S/C13H21N5/c1-9-6-15-13(14)16-12(9)18-8-11-4-3-5-17(11)7-10(18)2/h6,10-11H,3-5,7-8H2,1-2H3,(H2,14,15,16). The third kappa shape index (κ3) is 1.92. The van der Waals surface area contributed by atoms with E-state index in [0.717, 1.165) is 24.5 Å². The van der Waals surface area contributed by atoms with Gasteiger partial charge in [0, 0.05) is 36.9 Å². The zero-order valence-corrected chi connectivity index (χ0v) is 11.1. The molecule has 2 aliphatic heterocycles. The quantitative estimate of drug-likeness (QED) is 0.803. The molecule has 0 saturated carbocycles. The molecular weight excluding hydrogens is 226 g/mol. The third-order valence-electron chi connectivity index (χ3n) is 4.17. The Kier molecular flexibility index (Phi) is 2.86. The lowest BCUT2D eigenvalue weighted by molar-refractivity contribution is 0.202. The van der Waals surface area contributed by atoms with Crippen LogP contribution in [0.15, 0.2) is 6.20 Å². The number of aryl methyl sites for hydroxylation is 1. The van der Waals surface area contributed by atoms with Crippen LogP contribution in [0.25, 0.3) is 0 Å². The molecule has 2 fully saturated rings. The van der Waals surface area contributed by atoms with Crippen LogP contribution in [0.4, 0.5) is 11.8 Å². The number of nitrogen functional groups attached to an aromatic ring is 1. The van der Waals surface area contributed by atoms with Crippen LogP contribution in [0.1, 0.15) is 25.3 Å². The van der Waals surface area contributed by atoms with Gasteiger partial charge in [0.15, 0.2) is 0 Å². The molecule has 2 atom stereocenters. The topological polar surface area (TPSA) is 58.3 Å². The van der Waals surface area contributed by atoms with E-state index >= 15 is 0 Å². The van der Waals surface area contributed by atoms with Gasteiger partial charge in [-0.05, 0) is 33.2 Å². The first-order valence-electron chi connectivity index (χ1n) is 6.75. The van der Waals surface area contributed by atoms with Gasteiger partial charge in [0.05, 0.1) is 0 Å². The van der Waals surface area contributed by atoms with Crippen molar-refractivity contribution in [2.45, 2.75) is 38.8 Å². The lowest BCUT2D eigenvalue weighted by Gasteiger charge is -2.43. The van der Waals surface area contributed by atoms with Crippen molar-refractivity contribution < 1.29 is 0 Å². The van der Waals surface area contributed by atoms with Gasteiger partial charge >= 0.3 is 0 Å². The monoisotopic (exact) mass is 247 g/mol. The largest absolute Gasteiger partial charge is 0.368 e. The van der Waals surface area contributed by atoms with Crippen LogP contribution >= 0.6 is 0 Å². The second-order valence-corrected chi connectivity index (χ2v) is 5.53. The first kappa shape index (κ1) is 11.7. The van der Waals surface area contributed by atoms with Gasteiger partial charge in [-0.3, -0.25) is 4.90 Å². The van der Waals surface area contributed by atoms with Gasteiger partial charge in [-0.2, -0.15) is 4.98 Å². The van der Waals surface area contributed by atoms with E-state index < -0.39 is 0 Å². The van der Waals surface area contributed by atoms with Gasteiger partial charge in [0.1, 0.15) is 5.82 Å². The average molecular weight is 247 g/mol. The van der Waals surface area contributed by atoms with E-state index in [1.54, 1.807) is 0 Å². The van der Waals surface area contributed by atoms with Gasteiger partial charge in [-0.15, -0.1) is 0 Å². The van der Waals surface area contributed by atoms with Crippen molar-refractivity contribution in [3.63, 3.8) is 0 Å². The van der Waals surface area contributed by atoms with Gasteiger partial charge < -0.3 is 10.6 Å². The molecule has 0 bridgehead atoms. The molecule has 0 radical (unpaired) electrons. The van der Waals surface area contributed by atoms with Crippen LogP contribution in [0.5, 0.6) is 0 Å². The van der Waals surface area contributed by atoms with Crippen molar-refractivity contribution in [1.29, 1.82) is 0 Å². The maximum absolute atomic E-state index is 5.73.